The van der Waals surface area contributed by atoms with Crippen molar-refractivity contribution in [1.29, 1.82) is 0 Å². The number of hydrogen-bond acceptors (Lipinski definition) is 5. The second kappa shape index (κ2) is 4.61. The highest BCUT2D eigenvalue weighted by Crippen LogP contribution is 2.28. The average molecular weight is 251 g/mol. The molecular weight excluding hydrogens is 238 g/mol. The van der Waals surface area contributed by atoms with Crippen LogP contribution in [-0.2, 0) is 0 Å². The van der Waals surface area contributed by atoms with Crippen molar-refractivity contribution in [1.82, 2.24) is 5.32 Å². The number of nitrogens with zero attached hydrogens (tertiary/aromatic N) is 1. The molecular formula is C11H13N3O4. The van der Waals surface area contributed by atoms with Gasteiger partial charge in [-0.05, 0) is 12.5 Å². The SMILES string of the molecule is COc1cc(C(=O)NC2CC2N)ccc1[N+](=O)[O-]. The number of amides is 1. The van der Waals surface area contributed by atoms with Crippen LogP contribution in [0.4, 0.5) is 5.69 Å². The summed E-state index contributed by atoms with van der Waals surface area (Å²) < 4.78 is 4.89. The second-order valence-electron chi connectivity index (χ2n) is 4.12. The van der Waals surface area contributed by atoms with E-state index in [-0.39, 0.29) is 29.4 Å². The van der Waals surface area contributed by atoms with Crippen LogP contribution < -0.4 is 15.8 Å². The first kappa shape index (κ1) is 12.3. The molecule has 1 aromatic carbocycles. The molecule has 96 valence electrons. The van der Waals surface area contributed by atoms with E-state index in [2.05, 4.69) is 5.32 Å². The highest BCUT2D eigenvalue weighted by molar-refractivity contribution is 5.95. The predicted octanol–water partition coefficient (Wildman–Crippen LogP) is 0.433. The lowest BCUT2D eigenvalue weighted by atomic mass is 10.1. The smallest absolute Gasteiger partial charge is 0.310 e. The zero-order valence-electron chi connectivity index (χ0n) is 9.75. The number of methoxy groups -OCH3 is 1. The zero-order chi connectivity index (χ0) is 13.3. The van der Waals surface area contributed by atoms with Gasteiger partial charge in [-0.2, -0.15) is 0 Å². The fraction of sp³-hybridized carbons (Fsp3) is 0.364. The van der Waals surface area contributed by atoms with Gasteiger partial charge in [-0.25, -0.2) is 0 Å². The van der Waals surface area contributed by atoms with Crippen LogP contribution in [0, 0.1) is 10.1 Å². The summed E-state index contributed by atoms with van der Waals surface area (Å²) >= 11 is 0. The lowest BCUT2D eigenvalue weighted by Crippen LogP contribution is -2.29. The summed E-state index contributed by atoms with van der Waals surface area (Å²) in [5.41, 5.74) is 5.73. The minimum Gasteiger partial charge on any atom is -0.490 e. The topological polar surface area (TPSA) is 107 Å². The van der Waals surface area contributed by atoms with Crippen molar-refractivity contribution in [3.05, 3.63) is 33.9 Å². The first-order valence-corrected chi connectivity index (χ1v) is 5.42. The number of ether oxygens (including phenoxy) is 1. The van der Waals surface area contributed by atoms with Gasteiger partial charge in [-0.15, -0.1) is 0 Å². The largest absolute Gasteiger partial charge is 0.490 e. The monoisotopic (exact) mass is 251 g/mol. The third-order valence-corrected chi connectivity index (χ3v) is 2.79. The molecule has 7 nitrogen and oxygen atoms in total. The molecule has 7 heteroatoms. The molecule has 1 fully saturated rings. The number of nitrogens with one attached hydrogen (secondary N) is 1. The molecule has 0 saturated heterocycles. The maximum absolute atomic E-state index is 11.8. The van der Waals surface area contributed by atoms with E-state index in [1.54, 1.807) is 0 Å². The number of rotatable bonds is 4. The van der Waals surface area contributed by atoms with Crippen LogP contribution >= 0.6 is 0 Å². The lowest BCUT2D eigenvalue weighted by molar-refractivity contribution is -0.385. The summed E-state index contributed by atoms with van der Waals surface area (Å²) in [5.74, 6) is -0.242. The minimum atomic E-state index is -0.558. The number of nitro groups is 1. The molecule has 1 saturated carbocycles. The molecule has 0 bridgehead atoms. The van der Waals surface area contributed by atoms with Gasteiger partial charge in [0.05, 0.1) is 12.0 Å². The molecule has 0 aliphatic heterocycles. The van der Waals surface area contributed by atoms with Crippen LogP contribution in [0.25, 0.3) is 0 Å². The van der Waals surface area contributed by atoms with Gasteiger partial charge in [-0.1, -0.05) is 0 Å². The van der Waals surface area contributed by atoms with Crippen molar-refractivity contribution in [2.24, 2.45) is 5.73 Å². The minimum absolute atomic E-state index is 0.00122. The third-order valence-electron chi connectivity index (χ3n) is 2.79. The van der Waals surface area contributed by atoms with Crippen molar-refractivity contribution >= 4 is 11.6 Å². The van der Waals surface area contributed by atoms with E-state index in [1.165, 1.54) is 25.3 Å². The standard InChI is InChI=1S/C11H13N3O4/c1-18-10-4-6(2-3-9(10)14(16)17)11(15)13-8-5-7(8)12/h2-4,7-8H,5,12H2,1H3,(H,13,15). The maximum Gasteiger partial charge on any atom is 0.310 e. The molecule has 0 aromatic heterocycles. The highest BCUT2D eigenvalue weighted by Gasteiger charge is 2.35. The Labute approximate surface area is 103 Å². The fourth-order valence-electron chi connectivity index (χ4n) is 1.60. The Morgan fingerprint density at radius 2 is 2.28 bits per heavy atom. The van der Waals surface area contributed by atoms with Crippen molar-refractivity contribution in [3.63, 3.8) is 0 Å². The molecule has 1 aromatic rings. The average Bonchev–Trinajstić information content (AvgIpc) is 3.03. The molecule has 2 atom stereocenters. The van der Waals surface area contributed by atoms with E-state index in [4.69, 9.17) is 10.5 Å². The number of benzene rings is 1. The molecule has 2 unspecified atom stereocenters. The Balaban J connectivity index is 2.18. The van der Waals surface area contributed by atoms with Crippen LogP contribution in [0.2, 0.25) is 0 Å². The first-order valence-electron chi connectivity index (χ1n) is 5.42. The Morgan fingerprint density at radius 3 is 2.78 bits per heavy atom. The normalized spacial score (nSPS) is 21.2. The van der Waals surface area contributed by atoms with E-state index < -0.39 is 4.92 Å². The van der Waals surface area contributed by atoms with Crippen LogP contribution in [0.3, 0.4) is 0 Å². The van der Waals surface area contributed by atoms with E-state index in [1.807, 2.05) is 0 Å². The van der Waals surface area contributed by atoms with Gasteiger partial charge < -0.3 is 15.8 Å². The zero-order valence-corrected chi connectivity index (χ0v) is 9.75. The predicted molar refractivity (Wildman–Crippen MR) is 63.5 cm³/mol. The van der Waals surface area contributed by atoms with Crippen LogP contribution in [-0.4, -0.2) is 30.0 Å². The molecule has 2 rings (SSSR count). The first-order chi connectivity index (χ1) is 8.52. The van der Waals surface area contributed by atoms with Gasteiger partial charge in [0.25, 0.3) is 5.91 Å². The Bertz CT molecular complexity index is 503. The number of hydrogen-bond donors (Lipinski definition) is 2. The van der Waals surface area contributed by atoms with Gasteiger partial charge in [0.15, 0.2) is 5.75 Å². The Morgan fingerprint density at radius 1 is 1.61 bits per heavy atom. The summed E-state index contributed by atoms with van der Waals surface area (Å²) in [6, 6.07) is 4.00. The highest BCUT2D eigenvalue weighted by atomic mass is 16.6. The molecule has 1 aliphatic carbocycles. The summed E-state index contributed by atoms with van der Waals surface area (Å²) in [6.07, 6.45) is 0.760. The molecule has 0 heterocycles. The summed E-state index contributed by atoms with van der Waals surface area (Å²) in [5, 5.41) is 13.4. The summed E-state index contributed by atoms with van der Waals surface area (Å²) in [6.45, 7) is 0. The van der Waals surface area contributed by atoms with Crippen molar-refractivity contribution < 1.29 is 14.5 Å². The number of nitrogens with two attached hydrogens (primary N) is 1. The summed E-state index contributed by atoms with van der Waals surface area (Å²) in [4.78, 5) is 21.9. The van der Waals surface area contributed by atoms with Gasteiger partial charge in [-0.3, -0.25) is 14.9 Å². The molecule has 0 radical (unpaired) electrons. The molecule has 0 spiro atoms. The van der Waals surface area contributed by atoms with Crippen LogP contribution in [0.15, 0.2) is 18.2 Å². The second-order valence-corrected chi connectivity index (χ2v) is 4.12. The molecule has 3 N–H and O–H groups in total. The van der Waals surface area contributed by atoms with Crippen LogP contribution in [0.5, 0.6) is 5.75 Å². The number of nitro benzene ring substituents is 1. The van der Waals surface area contributed by atoms with Crippen molar-refractivity contribution in [2.75, 3.05) is 7.11 Å². The van der Waals surface area contributed by atoms with E-state index in [9.17, 15) is 14.9 Å². The Hall–Kier alpha value is -2.15. The molecule has 1 amide bonds. The quantitative estimate of drug-likeness (QED) is 0.596. The maximum atomic E-state index is 11.8. The molecule has 1 aliphatic rings. The van der Waals surface area contributed by atoms with Gasteiger partial charge >= 0.3 is 5.69 Å². The number of carbonyl (C=O) groups is 1. The van der Waals surface area contributed by atoms with Crippen molar-refractivity contribution in [2.45, 2.75) is 18.5 Å². The lowest BCUT2D eigenvalue weighted by Gasteiger charge is -2.06. The van der Waals surface area contributed by atoms with E-state index in [0.29, 0.717) is 5.56 Å². The van der Waals surface area contributed by atoms with E-state index >= 15 is 0 Å². The fourth-order valence-corrected chi connectivity index (χ4v) is 1.60. The molecule has 18 heavy (non-hydrogen) atoms. The number of carbonyl (C=O) groups excluding carboxylic acids is 1. The van der Waals surface area contributed by atoms with E-state index in [0.717, 1.165) is 6.42 Å². The van der Waals surface area contributed by atoms with Crippen LogP contribution in [0.1, 0.15) is 16.8 Å². The summed E-state index contributed by atoms with van der Waals surface area (Å²) in [7, 11) is 1.32. The van der Waals surface area contributed by atoms with Crippen molar-refractivity contribution in [3.8, 4) is 5.75 Å². The third kappa shape index (κ3) is 2.40. The Kier molecular flexibility index (Phi) is 3.15. The van der Waals surface area contributed by atoms with Gasteiger partial charge in [0.1, 0.15) is 0 Å². The van der Waals surface area contributed by atoms with Gasteiger partial charge in [0, 0.05) is 29.8 Å². The van der Waals surface area contributed by atoms with Gasteiger partial charge in [0.2, 0.25) is 0 Å².